The Morgan fingerprint density at radius 2 is 2.05 bits per heavy atom. The van der Waals surface area contributed by atoms with E-state index in [1.54, 1.807) is 37.4 Å². The lowest BCUT2D eigenvalue weighted by molar-refractivity contribution is 0.105. The molecule has 0 saturated carbocycles. The van der Waals surface area contributed by atoms with E-state index >= 15 is 0 Å². The highest BCUT2D eigenvalue weighted by molar-refractivity contribution is 5.31. The number of nitrogens with two attached hydrogens (primary N) is 1. The van der Waals surface area contributed by atoms with Gasteiger partial charge in [0.15, 0.2) is 11.6 Å². The molecule has 1 atom stereocenters. The summed E-state index contributed by atoms with van der Waals surface area (Å²) in [7, 11) is 1.55. The highest BCUT2D eigenvalue weighted by Crippen LogP contribution is 2.22. The maximum atomic E-state index is 13.7. The second kappa shape index (κ2) is 7.06. The van der Waals surface area contributed by atoms with E-state index in [0.29, 0.717) is 16.9 Å². The topological polar surface area (TPSA) is 64.7 Å². The minimum absolute atomic E-state index is 0.0495. The van der Waals surface area contributed by atoms with Gasteiger partial charge in [-0.15, -0.1) is 0 Å². The molecule has 2 aromatic carbocycles. The van der Waals surface area contributed by atoms with Crippen molar-refractivity contribution in [2.75, 3.05) is 13.7 Å². The maximum absolute atomic E-state index is 13.7. The van der Waals surface area contributed by atoms with Gasteiger partial charge >= 0.3 is 0 Å². The van der Waals surface area contributed by atoms with E-state index in [1.165, 1.54) is 12.1 Å². The summed E-state index contributed by atoms with van der Waals surface area (Å²) in [5.41, 5.74) is 6.77. The van der Waals surface area contributed by atoms with Gasteiger partial charge in [0, 0.05) is 6.54 Å². The zero-order chi connectivity index (χ0) is 15.2. The van der Waals surface area contributed by atoms with Crippen LogP contribution in [0, 0.1) is 5.82 Å². The predicted octanol–water partition coefficient (Wildman–Crippen LogP) is 2.41. The standard InChI is InChI=1S/C16H18FNO3/c1-20-13-4-2-3-12(8-13)15(19)10-21-16-6-5-11(9-18)7-14(16)17/h2-8,15,19H,9-10,18H2,1H3. The Labute approximate surface area is 122 Å². The number of hydrogen-bond acceptors (Lipinski definition) is 4. The van der Waals surface area contributed by atoms with Crippen LogP contribution in [0.1, 0.15) is 17.2 Å². The summed E-state index contributed by atoms with van der Waals surface area (Å²) in [4.78, 5) is 0. The number of benzene rings is 2. The summed E-state index contributed by atoms with van der Waals surface area (Å²) in [6, 6.07) is 11.5. The molecule has 112 valence electrons. The molecule has 0 radical (unpaired) electrons. The third-order valence-electron chi connectivity index (χ3n) is 3.11. The van der Waals surface area contributed by atoms with Crippen molar-refractivity contribution >= 4 is 0 Å². The lowest BCUT2D eigenvalue weighted by Crippen LogP contribution is -2.10. The molecule has 0 aliphatic rings. The Hall–Kier alpha value is -2.11. The summed E-state index contributed by atoms with van der Waals surface area (Å²) in [5, 5.41) is 10.1. The van der Waals surface area contributed by atoms with Gasteiger partial charge in [0.1, 0.15) is 18.5 Å². The number of rotatable bonds is 6. The van der Waals surface area contributed by atoms with Crippen molar-refractivity contribution in [3.63, 3.8) is 0 Å². The third-order valence-corrected chi connectivity index (χ3v) is 3.11. The molecule has 0 heterocycles. The Balaban J connectivity index is 2.01. The second-order valence-corrected chi connectivity index (χ2v) is 4.57. The zero-order valence-corrected chi connectivity index (χ0v) is 11.8. The molecular weight excluding hydrogens is 273 g/mol. The summed E-state index contributed by atoms with van der Waals surface area (Å²) in [5.74, 6) is 0.245. The van der Waals surface area contributed by atoms with Gasteiger partial charge in [0.25, 0.3) is 0 Å². The first-order valence-electron chi connectivity index (χ1n) is 6.57. The quantitative estimate of drug-likeness (QED) is 0.858. The van der Waals surface area contributed by atoms with Gasteiger partial charge in [-0.05, 0) is 35.4 Å². The first kappa shape index (κ1) is 15.3. The van der Waals surface area contributed by atoms with Crippen molar-refractivity contribution in [3.8, 4) is 11.5 Å². The molecule has 0 saturated heterocycles. The van der Waals surface area contributed by atoms with Gasteiger partial charge in [0.2, 0.25) is 0 Å². The second-order valence-electron chi connectivity index (χ2n) is 4.57. The predicted molar refractivity (Wildman–Crippen MR) is 77.7 cm³/mol. The van der Waals surface area contributed by atoms with E-state index in [-0.39, 0.29) is 18.9 Å². The summed E-state index contributed by atoms with van der Waals surface area (Å²) < 4.78 is 24.1. The highest BCUT2D eigenvalue weighted by Gasteiger charge is 2.11. The molecule has 1 unspecified atom stereocenters. The van der Waals surface area contributed by atoms with Crippen LogP contribution in [0.3, 0.4) is 0 Å². The van der Waals surface area contributed by atoms with Gasteiger partial charge in [-0.3, -0.25) is 0 Å². The fourth-order valence-corrected chi connectivity index (χ4v) is 1.90. The number of aliphatic hydroxyl groups excluding tert-OH is 1. The number of halogens is 1. The molecule has 0 aliphatic heterocycles. The van der Waals surface area contributed by atoms with Gasteiger partial charge in [-0.1, -0.05) is 18.2 Å². The van der Waals surface area contributed by atoms with Crippen LogP contribution < -0.4 is 15.2 Å². The van der Waals surface area contributed by atoms with Gasteiger partial charge in [-0.2, -0.15) is 0 Å². The van der Waals surface area contributed by atoms with Crippen LogP contribution in [-0.2, 0) is 6.54 Å². The molecule has 0 aliphatic carbocycles. The largest absolute Gasteiger partial charge is 0.497 e. The van der Waals surface area contributed by atoms with Crippen molar-refractivity contribution in [1.29, 1.82) is 0 Å². The Morgan fingerprint density at radius 3 is 2.71 bits per heavy atom. The van der Waals surface area contributed by atoms with Gasteiger partial charge in [-0.25, -0.2) is 4.39 Å². The number of methoxy groups -OCH3 is 1. The Bertz CT molecular complexity index is 604. The van der Waals surface area contributed by atoms with Gasteiger partial charge < -0.3 is 20.3 Å². The minimum Gasteiger partial charge on any atom is -0.497 e. The molecule has 0 bridgehead atoms. The third kappa shape index (κ3) is 3.93. The van der Waals surface area contributed by atoms with Crippen molar-refractivity contribution < 1.29 is 19.0 Å². The number of ether oxygens (including phenoxy) is 2. The molecule has 4 nitrogen and oxygen atoms in total. The van der Waals surface area contributed by atoms with Crippen LogP contribution in [0.2, 0.25) is 0 Å². The molecule has 3 N–H and O–H groups in total. The van der Waals surface area contributed by atoms with E-state index in [1.807, 2.05) is 0 Å². The zero-order valence-electron chi connectivity index (χ0n) is 11.8. The van der Waals surface area contributed by atoms with Crippen LogP contribution in [0.25, 0.3) is 0 Å². The van der Waals surface area contributed by atoms with Crippen molar-refractivity contribution in [3.05, 3.63) is 59.4 Å². The molecule has 0 amide bonds. The van der Waals surface area contributed by atoms with E-state index in [2.05, 4.69) is 0 Å². The molecule has 2 aromatic rings. The molecule has 2 rings (SSSR count). The summed E-state index contributed by atoms with van der Waals surface area (Å²) in [6.45, 7) is 0.218. The lowest BCUT2D eigenvalue weighted by Gasteiger charge is -2.14. The molecule has 5 heteroatoms. The molecule has 0 spiro atoms. The number of aliphatic hydroxyl groups is 1. The first-order chi connectivity index (χ1) is 10.1. The monoisotopic (exact) mass is 291 g/mol. The van der Waals surface area contributed by atoms with Crippen LogP contribution in [0.5, 0.6) is 11.5 Å². The fourth-order valence-electron chi connectivity index (χ4n) is 1.90. The van der Waals surface area contributed by atoms with E-state index in [9.17, 15) is 9.50 Å². The van der Waals surface area contributed by atoms with Crippen LogP contribution in [-0.4, -0.2) is 18.8 Å². The first-order valence-corrected chi connectivity index (χ1v) is 6.57. The van der Waals surface area contributed by atoms with Gasteiger partial charge in [0.05, 0.1) is 7.11 Å². The Kier molecular flexibility index (Phi) is 5.14. The SMILES string of the molecule is COc1cccc(C(O)COc2ccc(CN)cc2F)c1. The van der Waals surface area contributed by atoms with E-state index in [0.717, 1.165) is 0 Å². The molecule has 0 aromatic heterocycles. The molecule has 21 heavy (non-hydrogen) atoms. The lowest BCUT2D eigenvalue weighted by atomic mass is 10.1. The normalized spacial score (nSPS) is 12.0. The average molecular weight is 291 g/mol. The summed E-state index contributed by atoms with van der Waals surface area (Å²) in [6.07, 6.45) is -0.867. The molecular formula is C16H18FNO3. The number of hydrogen-bond donors (Lipinski definition) is 2. The summed E-state index contributed by atoms with van der Waals surface area (Å²) >= 11 is 0. The average Bonchev–Trinajstić information content (AvgIpc) is 2.53. The molecule has 0 fully saturated rings. The maximum Gasteiger partial charge on any atom is 0.165 e. The van der Waals surface area contributed by atoms with Crippen LogP contribution in [0.4, 0.5) is 4.39 Å². The van der Waals surface area contributed by atoms with Crippen molar-refractivity contribution in [2.24, 2.45) is 5.73 Å². The van der Waals surface area contributed by atoms with E-state index < -0.39 is 11.9 Å². The van der Waals surface area contributed by atoms with Crippen LogP contribution >= 0.6 is 0 Å². The minimum atomic E-state index is -0.867. The fraction of sp³-hybridized carbons (Fsp3) is 0.250. The van der Waals surface area contributed by atoms with Crippen molar-refractivity contribution in [1.82, 2.24) is 0 Å². The smallest absolute Gasteiger partial charge is 0.165 e. The highest BCUT2D eigenvalue weighted by atomic mass is 19.1. The van der Waals surface area contributed by atoms with Crippen LogP contribution in [0.15, 0.2) is 42.5 Å². The van der Waals surface area contributed by atoms with E-state index in [4.69, 9.17) is 15.2 Å². The van der Waals surface area contributed by atoms with Crippen molar-refractivity contribution in [2.45, 2.75) is 12.6 Å². The Morgan fingerprint density at radius 1 is 1.24 bits per heavy atom.